The Morgan fingerprint density at radius 2 is 1.54 bits per heavy atom. The Hall–Kier alpha value is -3.26. The van der Waals surface area contributed by atoms with Gasteiger partial charge in [-0.3, -0.25) is 0 Å². The highest BCUT2D eigenvalue weighted by Crippen LogP contribution is 2.33. The van der Waals surface area contributed by atoms with Gasteiger partial charge in [0.2, 0.25) is 0 Å². The van der Waals surface area contributed by atoms with E-state index in [0.29, 0.717) is 10.5 Å². The molecule has 1 fully saturated rings. The van der Waals surface area contributed by atoms with Gasteiger partial charge in [0.1, 0.15) is 5.82 Å². The van der Waals surface area contributed by atoms with Crippen LogP contribution < -0.4 is 4.90 Å². The Kier molecular flexibility index (Phi) is 7.55. The third-order valence-corrected chi connectivity index (χ3v) is 8.98. The van der Waals surface area contributed by atoms with Gasteiger partial charge in [-0.15, -0.1) is 0 Å². The van der Waals surface area contributed by atoms with Crippen LogP contribution in [0.5, 0.6) is 0 Å². The molecule has 1 aromatic heterocycles. The Balaban J connectivity index is 1.50. The molecule has 0 aliphatic carbocycles. The summed E-state index contributed by atoms with van der Waals surface area (Å²) in [7, 11) is -3.49. The van der Waals surface area contributed by atoms with E-state index in [1.807, 2.05) is 36.4 Å². The van der Waals surface area contributed by atoms with Gasteiger partial charge in [0.05, 0.1) is 16.3 Å². The van der Waals surface area contributed by atoms with Gasteiger partial charge in [0, 0.05) is 49.3 Å². The number of sulfone groups is 1. The number of aliphatic hydroxyl groups excluding tert-OH is 1. The molecule has 0 unspecified atom stereocenters. The minimum atomic E-state index is -3.49. The molecule has 0 bridgehead atoms. The van der Waals surface area contributed by atoms with E-state index in [1.54, 1.807) is 12.1 Å². The molecule has 6 nitrogen and oxygen atoms in total. The predicted molar refractivity (Wildman–Crippen MR) is 151 cm³/mol. The van der Waals surface area contributed by atoms with Crippen LogP contribution in [0.1, 0.15) is 13.3 Å². The summed E-state index contributed by atoms with van der Waals surface area (Å²) in [6.45, 7) is 7.10. The van der Waals surface area contributed by atoms with Gasteiger partial charge in [0.15, 0.2) is 9.84 Å². The van der Waals surface area contributed by atoms with E-state index >= 15 is 0 Å². The first-order valence-electron chi connectivity index (χ1n) is 12.9. The molecule has 1 aliphatic heterocycles. The molecule has 7 heteroatoms. The zero-order valence-electron chi connectivity index (χ0n) is 21.2. The highest BCUT2D eigenvalue weighted by molar-refractivity contribution is 7.91. The number of piperazine rings is 1. The van der Waals surface area contributed by atoms with Crippen molar-refractivity contribution >= 4 is 26.4 Å². The van der Waals surface area contributed by atoms with Crippen molar-refractivity contribution < 1.29 is 13.5 Å². The number of fused-ring (bicyclic) bond motifs is 1. The van der Waals surface area contributed by atoms with Crippen molar-refractivity contribution in [1.82, 2.24) is 9.88 Å². The van der Waals surface area contributed by atoms with Crippen LogP contribution in [0.4, 0.5) is 5.82 Å². The van der Waals surface area contributed by atoms with Crippen molar-refractivity contribution in [2.45, 2.75) is 18.2 Å². The maximum Gasteiger partial charge on any atom is 0.179 e. The van der Waals surface area contributed by atoms with Crippen molar-refractivity contribution in [1.29, 1.82) is 0 Å². The molecule has 0 radical (unpaired) electrons. The molecule has 3 aromatic carbocycles. The monoisotopic (exact) mass is 515 g/mol. The fraction of sp³-hybridized carbons (Fsp3) is 0.300. The molecular weight excluding hydrogens is 482 g/mol. The largest absolute Gasteiger partial charge is 0.396 e. The summed E-state index contributed by atoms with van der Waals surface area (Å²) in [4.78, 5) is 10.3. The van der Waals surface area contributed by atoms with Gasteiger partial charge in [0.25, 0.3) is 0 Å². The first kappa shape index (κ1) is 25.4. The molecule has 37 heavy (non-hydrogen) atoms. The average molecular weight is 516 g/mol. The van der Waals surface area contributed by atoms with Crippen molar-refractivity contribution in [3.8, 4) is 22.4 Å². The summed E-state index contributed by atoms with van der Waals surface area (Å²) in [6.07, 6.45) is 0.221. The molecule has 1 saturated heterocycles. The molecule has 0 spiro atoms. The highest BCUT2D eigenvalue weighted by Gasteiger charge is 2.21. The van der Waals surface area contributed by atoms with Crippen LogP contribution >= 0.6 is 0 Å². The smallest absolute Gasteiger partial charge is 0.179 e. The lowest BCUT2D eigenvalue weighted by molar-refractivity contribution is 0.271. The summed E-state index contributed by atoms with van der Waals surface area (Å²) < 4.78 is 25.8. The summed E-state index contributed by atoms with van der Waals surface area (Å²) in [5.41, 5.74) is 3.40. The first-order valence-corrected chi connectivity index (χ1v) is 14.6. The maximum atomic E-state index is 12.9. The number of nitrogens with zero attached hydrogens (tertiary/aromatic N) is 3. The van der Waals surface area contributed by atoms with E-state index in [2.05, 4.69) is 47.1 Å². The zero-order valence-corrected chi connectivity index (χ0v) is 22.0. The number of hydrogen-bond acceptors (Lipinski definition) is 6. The predicted octanol–water partition coefficient (Wildman–Crippen LogP) is 4.87. The molecule has 0 amide bonds. The number of anilines is 1. The fourth-order valence-corrected chi connectivity index (χ4v) is 6.54. The fourth-order valence-electron chi connectivity index (χ4n) is 5.01. The second-order valence-electron chi connectivity index (χ2n) is 9.44. The SMILES string of the molecule is CCN1CCN(c2nc(-c3ccc(-c4ccccc4S(=O)(=O)CCCO)cc3)cc3ccccc23)CC1. The van der Waals surface area contributed by atoms with E-state index in [-0.39, 0.29) is 18.8 Å². The van der Waals surface area contributed by atoms with Crippen molar-refractivity contribution in [2.24, 2.45) is 0 Å². The van der Waals surface area contributed by atoms with Gasteiger partial charge in [-0.1, -0.05) is 73.7 Å². The Labute approximate surface area is 219 Å². The number of likely N-dealkylation sites (N-methyl/N-ethyl adjacent to an activating group) is 1. The van der Waals surface area contributed by atoms with Gasteiger partial charge < -0.3 is 14.9 Å². The third kappa shape index (κ3) is 5.39. The Morgan fingerprint density at radius 3 is 2.27 bits per heavy atom. The second-order valence-corrected chi connectivity index (χ2v) is 11.5. The van der Waals surface area contributed by atoms with Crippen LogP contribution in [-0.4, -0.2) is 68.5 Å². The van der Waals surface area contributed by atoms with E-state index in [4.69, 9.17) is 10.1 Å². The zero-order chi connectivity index (χ0) is 25.8. The van der Waals surface area contributed by atoms with Crippen LogP contribution in [-0.2, 0) is 9.84 Å². The van der Waals surface area contributed by atoms with E-state index in [1.165, 1.54) is 0 Å². The molecule has 5 rings (SSSR count). The van der Waals surface area contributed by atoms with Crippen molar-refractivity contribution in [3.63, 3.8) is 0 Å². The lowest BCUT2D eigenvalue weighted by Gasteiger charge is -2.35. The van der Waals surface area contributed by atoms with Gasteiger partial charge in [-0.05, 0) is 36.0 Å². The van der Waals surface area contributed by atoms with E-state index in [0.717, 1.165) is 66.1 Å². The topological polar surface area (TPSA) is 73.7 Å². The normalized spacial score (nSPS) is 14.8. The number of pyridine rings is 1. The second kappa shape index (κ2) is 11.0. The van der Waals surface area contributed by atoms with Crippen molar-refractivity contribution in [2.75, 3.05) is 50.0 Å². The lowest BCUT2D eigenvalue weighted by Crippen LogP contribution is -2.46. The number of benzene rings is 3. The number of aromatic nitrogens is 1. The molecule has 1 N–H and O–H groups in total. The van der Waals surface area contributed by atoms with Crippen LogP contribution in [0.2, 0.25) is 0 Å². The van der Waals surface area contributed by atoms with Crippen LogP contribution in [0.3, 0.4) is 0 Å². The quantitative estimate of drug-likeness (QED) is 0.361. The molecular formula is C30H33N3O3S. The van der Waals surface area contributed by atoms with E-state index < -0.39 is 9.84 Å². The Morgan fingerprint density at radius 1 is 0.865 bits per heavy atom. The number of hydrogen-bond donors (Lipinski definition) is 1. The van der Waals surface area contributed by atoms with Crippen LogP contribution in [0, 0.1) is 0 Å². The molecule has 4 aromatic rings. The number of rotatable bonds is 8. The van der Waals surface area contributed by atoms with Gasteiger partial charge in [-0.25, -0.2) is 13.4 Å². The van der Waals surface area contributed by atoms with E-state index in [9.17, 15) is 8.42 Å². The highest BCUT2D eigenvalue weighted by atomic mass is 32.2. The summed E-state index contributed by atoms with van der Waals surface area (Å²) >= 11 is 0. The Bertz CT molecular complexity index is 1480. The van der Waals surface area contributed by atoms with Crippen molar-refractivity contribution in [3.05, 3.63) is 78.9 Å². The summed E-state index contributed by atoms with van der Waals surface area (Å²) in [6, 6.07) is 25.6. The molecule has 192 valence electrons. The lowest BCUT2D eigenvalue weighted by atomic mass is 10.0. The van der Waals surface area contributed by atoms with Gasteiger partial charge in [-0.2, -0.15) is 0 Å². The molecule has 0 atom stereocenters. The minimum Gasteiger partial charge on any atom is -0.396 e. The standard InChI is InChI=1S/C30H33N3O3S/c1-2-32-16-18-33(19-17-32)30-27-10-4-3-8-25(27)22-28(31-30)24-14-12-23(13-15-24)26-9-5-6-11-29(26)37(35,36)21-7-20-34/h3-6,8-15,22,34H,2,7,16-21H2,1H3. The molecule has 1 aliphatic rings. The average Bonchev–Trinajstić information content (AvgIpc) is 2.95. The summed E-state index contributed by atoms with van der Waals surface area (Å²) in [5.74, 6) is 0.947. The summed E-state index contributed by atoms with van der Waals surface area (Å²) in [5, 5.41) is 11.4. The maximum absolute atomic E-state index is 12.9. The van der Waals surface area contributed by atoms with Crippen LogP contribution in [0.25, 0.3) is 33.2 Å². The minimum absolute atomic E-state index is 0.0745. The molecule has 2 heterocycles. The third-order valence-electron chi connectivity index (χ3n) is 7.12. The first-order chi connectivity index (χ1) is 18.0. The van der Waals surface area contributed by atoms with Crippen LogP contribution in [0.15, 0.2) is 83.8 Å². The molecule has 0 saturated carbocycles. The van der Waals surface area contributed by atoms with Gasteiger partial charge >= 0.3 is 0 Å². The number of aliphatic hydroxyl groups is 1.